The molecule has 0 radical (unpaired) electrons. The van der Waals surface area contributed by atoms with Gasteiger partial charge in [-0.05, 0) is 31.3 Å². The van der Waals surface area contributed by atoms with Crippen molar-refractivity contribution in [2.75, 3.05) is 30.8 Å². The van der Waals surface area contributed by atoms with Crippen LogP contribution in [0.2, 0.25) is 0 Å². The Kier molecular flexibility index (Phi) is 3.51. The first-order valence-corrected chi connectivity index (χ1v) is 6.59. The van der Waals surface area contributed by atoms with Gasteiger partial charge in [-0.25, -0.2) is 0 Å². The Hall–Kier alpha value is -1.30. The molecule has 1 atom stereocenters. The summed E-state index contributed by atoms with van der Waals surface area (Å²) in [6.07, 6.45) is 2.00. The van der Waals surface area contributed by atoms with E-state index in [1.807, 2.05) is 6.92 Å². The maximum Gasteiger partial charge on any atom is 0.224 e. The molecule has 5 nitrogen and oxygen atoms in total. The fourth-order valence-corrected chi connectivity index (χ4v) is 3.06. The Bertz CT molecular complexity index is 418. The largest absolute Gasteiger partial charge is 0.383 e. The first kappa shape index (κ1) is 12.2. The van der Waals surface area contributed by atoms with Crippen molar-refractivity contribution >= 4 is 28.3 Å². The van der Waals surface area contributed by atoms with Crippen LogP contribution in [-0.4, -0.2) is 30.4 Å². The third kappa shape index (κ3) is 2.36. The molecule has 1 saturated heterocycles. The molecule has 1 aromatic rings. The molecule has 1 aromatic heterocycles. The molecular formula is C11H18N4OS. The van der Waals surface area contributed by atoms with Gasteiger partial charge in [0.1, 0.15) is 10.8 Å². The van der Waals surface area contributed by atoms with Gasteiger partial charge < -0.3 is 16.0 Å². The molecule has 0 saturated carbocycles. The van der Waals surface area contributed by atoms with Gasteiger partial charge in [0.2, 0.25) is 5.91 Å². The number of nitrogens with one attached hydrogen (secondary N) is 1. The summed E-state index contributed by atoms with van der Waals surface area (Å²) in [6, 6.07) is 0. The summed E-state index contributed by atoms with van der Waals surface area (Å²) in [4.78, 5) is 13.9. The van der Waals surface area contributed by atoms with Crippen LogP contribution in [0.25, 0.3) is 0 Å². The van der Waals surface area contributed by atoms with Crippen LogP contribution in [0.3, 0.4) is 0 Å². The number of carbonyl (C=O) groups is 1. The van der Waals surface area contributed by atoms with E-state index in [0.717, 1.165) is 36.5 Å². The lowest BCUT2D eigenvalue weighted by Gasteiger charge is -2.32. The van der Waals surface area contributed by atoms with E-state index >= 15 is 0 Å². The Morgan fingerprint density at radius 2 is 2.41 bits per heavy atom. The molecule has 0 spiro atoms. The van der Waals surface area contributed by atoms with Crippen molar-refractivity contribution in [3.05, 3.63) is 5.56 Å². The second-order valence-electron chi connectivity index (χ2n) is 4.40. The summed E-state index contributed by atoms with van der Waals surface area (Å²) in [5.74, 6) is 0.813. The molecule has 1 unspecified atom stereocenters. The molecule has 3 N–H and O–H groups in total. The number of hydrogen-bond donors (Lipinski definition) is 2. The molecule has 0 bridgehead atoms. The number of nitrogens with zero attached hydrogens (tertiary/aromatic N) is 2. The van der Waals surface area contributed by atoms with Crippen molar-refractivity contribution in [2.45, 2.75) is 19.8 Å². The zero-order valence-corrected chi connectivity index (χ0v) is 11.0. The van der Waals surface area contributed by atoms with Gasteiger partial charge in [0, 0.05) is 25.7 Å². The minimum Gasteiger partial charge on any atom is -0.383 e. The lowest BCUT2D eigenvalue weighted by atomic mass is 9.97. The van der Waals surface area contributed by atoms with E-state index < -0.39 is 0 Å². The molecule has 0 aromatic carbocycles. The van der Waals surface area contributed by atoms with Gasteiger partial charge in [-0.3, -0.25) is 4.79 Å². The highest BCUT2D eigenvalue weighted by atomic mass is 32.1. The first-order chi connectivity index (χ1) is 8.13. The van der Waals surface area contributed by atoms with E-state index in [-0.39, 0.29) is 11.8 Å². The van der Waals surface area contributed by atoms with Crippen molar-refractivity contribution in [1.82, 2.24) is 9.69 Å². The van der Waals surface area contributed by atoms with Crippen LogP contribution in [0.1, 0.15) is 18.4 Å². The number of piperidine rings is 1. The number of anilines is 2. The predicted molar refractivity (Wildman–Crippen MR) is 70.3 cm³/mol. The fourth-order valence-electron chi connectivity index (χ4n) is 2.21. The third-order valence-corrected chi connectivity index (χ3v) is 4.29. The quantitative estimate of drug-likeness (QED) is 0.826. The normalized spacial score (nSPS) is 20.4. The molecule has 0 aliphatic carbocycles. The fraction of sp³-hybridized carbons (Fsp3) is 0.636. The van der Waals surface area contributed by atoms with Gasteiger partial charge in [-0.15, -0.1) is 0 Å². The van der Waals surface area contributed by atoms with Crippen molar-refractivity contribution in [1.29, 1.82) is 0 Å². The standard InChI is InChI=1S/C11H18N4OS/c1-7-9(12)14-17-11(7)15-5-3-4-8(6-15)10(16)13-2/h8H,3-6H2,1-2H3,(H2,12,14)(H,13,16). The van der Waals surface area contributed by atoms with Crippen molar-refractivity contribution in [3.63, 3.8) is 0 Å². The number of aromatic nitrogens is 1. The van der Waals surface area contributed by atoms with Gasteiger partial charge in [-0.2, -0.15) is 4.37 Å². The Morgan fingerprint density at radius 3 is 3.00 bits per heavy atom. The molecule has 6 heteroatoms. The maximum atomic E-state index is 11.7. The maximum absolute atomic E-state index is 11.7. The Morgan fingerprint density at radius 1 is 1.65 bits per heavy atom. The summed E-state index contributed by atoms with van der Waals surface area (Å²) in [5, 5.41) is 3.83. The van der Waals surface area contributed by atoms with Crippen molar-refractivity contribution in [3.8, 4) is 0 Å². The molecule has 1 aliphatic rings. The lowest BCUT2D eigenvalue weighted by molar-refractivity contribution is -0.124. The van der Waals surface area contributed by atoms with Crippen LogP contribution >= 0.6 is 11.5 Å². The second kappa shape index (κ2) is 4.91. The zero-order valence-electron chi connectivity index (χ0n) is 10.2. The van der Waals surface area contributed by atoms with E-state index in [9.17, 15) is 4.79 Å². The number of hydrogen-bond acceptors (Lipinski definition) is 5. The van der Waals surface area contributed by atoms with E-state index in [0.29, 0.717) is 5.82 Å². The SMILES string of the molecule is CNC(=O)C1CCCN(c2snc(N)c2C)C1. The van der Waals surface area contributed by atoms with Crippen LogP contribution in [-0.2, 0) is 4.79 Å². The van der Waals surface area contributed by atoms with Crippen LogP contribution in [0.5, 0.6) is 0 Å². The van der Waals surface area contributed by atoms with Crippen LogP contribution in [0, 0.1) is 12.8 Å². The third-order valence-electron chi connectivity index (χ3n) is 3.26. The number of nitrogens with two attached hydrogens (primary N) is 1. The van der Waals surface area contributed by atoms with Crippen LogP contribution in [0.4, 0.5) is 10.8 Å². The van der Waals surface area contributed by atoms with E-state index in [1.165, 1.54) is 11.5 Å². The Labute approximate surface area is 105 Å². The molecule has 94 valence electrons. The summed E-state index contributed by atoms with van der Waals surface area (Å²) >= 11 is 1.42. The average Bonchev–Trinajstić information content (AvgIpc) is 2.69. The molecular weight excluding hydrogens is 236 g/mol. The molecule has 17 heavy (non-hydrogen) atoms. The van der Waals surface area contributed by atoms with Gasteiger partial charge in [0.15, 0.2) is 0 Å². The first-order valence-electron chi connectivity index (χ1n) is 5.81. The van der Waals surface area contributed by atoms with Gasteiger partial charge in [-0.1, -0.05) is 0 Å². The molecule has 1 aliphatic heterocycles. The van der Waals surface area contributed by atoms with E-state index in [1.54, 1.807) is 7.05 Å². The smallest absolute Gasteiger partial charge is 0.224 e. The average molecular weight is 254 g/mol. The minimum absolute atomic E-state index is 0.0801. The van der Waals surface area contributed by atoms with Crippen LogP contribution < -0.4 is 16.0 Å². The summed E-state index contributed by atoms with van der Waals surface area (Å²) in [7, 11) is 1.69. The van der Waals surface area contributed by atoms with E-state index in [2.05, 4.69) is 14.6 Å². The van der Waals surface area contributed by atoms with Gasteiger partial charge >= 0.3 is 0 Å². The molecule has 2 heterocycles. The molecule has 1 amide bonds. The van der Waals surface area contributed by atoms with Crippen LogP contribution in [0.15, 0.2) is 0 Å². The minimum atomic E-state index is 0.0801. The highest BCUT2D eigenvalue weighted by Gasteiger charge is 2.27. The highest BCUT2D eigenvalue weighted by molar-refractivity contribution is 7.10. The number of amides is 1. The number of rotatable bonds is 2. The highest BCUT2D eigenvalue weighted by Crippen LogP contribution is 2.32. The summed E-state index contributed by atoms with van der Waals surface area (Å²) < 4.78 is 4.16. The predicted octanol–water partition coefficient (Wildman–Crippen LogP) is 0.996. The number of nitrogen functional groups attached to an aromatic ring is 1. The molecule has 2 rings (SSSR count). The van der Waals surface area contributed by atoms with Gasteiger partial charge in [0.25, 0.3) is 0 Å². The summed E-state index contributed by atoms with van der Waals surface area (Å²) in [5.41, 5.74) is 6.80. The van der Waals surface area contributed by atoms with E-state index in [4.69, 9.17) is 5.73 Å². The Balaban J connectivity index is 2.12. The monoisotopic (exact) mass is 254 g/mol. The van der Waals surface area contributed by atoms with Crippen molar-refractivity contribution in [2.24, 2.45) is 5.92 Å². The lowest BCUT2D eigenvalue weighted by Crippen LogP contribution is -2.42. The topological polar surface area (TPSA) is 71.2 Å². The summed E-state index contributed by atoms with van der Waals surface area (Å²) in [6.45, 7) is 3.73. The number of carbonyl (C=O) groups excluding carboxylic acids is 1. The van der Waals surface area contributed by atoms with Crippen molar-refractivity contribution < 1.29 is 4.79 Å². The second-order valence-corrected chi connectivity index (χ2v) is 5.15. The molecule has 1 fully saturated rings. The zero-order chi connectivity index (χ0) is 12.4. The van der Waals surface area contributed by atoms with Gasteiger partial charge in [0.05, 0.1) is 5.92 Å².